The summed E-state index contributed by atoms with van der Waals surface area (Å²) in [7, 11) is 0. The highest BCUT2D eigenvalue weighted by molar-refractivity contribution is 5.85. The first-order valence-corrected chi connectivity index (χ1v) is 3.46. The Labute approximate surface area is 76.9 Å². The molecule has 0 aromatic carbocycles. The molecule has 1 heterocycles. The van der Waals surface area contributed by atoms with Gasteiger partial charge in [-0.15, -0.1) is 12.4 Å². The van der Waals surface area contributed by atoms with Gasteiger partial charge in [0.2, 0.25) is 5.89 Å². The molecule has 4 N–H and O–H groups in total. The summed E-state index contributed by atoms with van der Waals surface area (Å²) in [4.78, 5) is 3.98. The number of hydrogen-bond acceptors (Lipinski definition) is 5. The molecular weight excluding hydrogens is 180 g/mol. The Morgan fingerprint density at radius 1 is 1.25 bits per heavy atom. The molecule has 0 bridgehead atoms. The van der Waals surface area contributed by atoms with Gasteiger partial charge in [-0.3, -0.25) is 0 Å². The molecule has 1 aromatic rings. The van der Waals surface area contributed by atoms with Gasteiger partial charge < -0.3 is 16.0 Å². The number of hydrogen-bond donors (Lipinski definition) is 2. The SMILES string of the molecule is CC(N)c1noc([C@@H](C)N)n1.Cl. The molecule has 0 fully saturated rings. The quantitative estimate of drug-likeness (QED) is 0.714. The molecule has 1 rings (SSSR count). The van der Waals surface area contributed by atoms with Crippen molar-refractivity contribution in [1.82, 2.24) is 10.1 Å². The second-order valence-electron chi connectivity index (χ2n) is 2.57. The average molecular weight is 193 g/mol. The summed E-state index contributed by atoms with van der Waals surface area (Å²) >= 11 is 0. The predicted molar refractivity (Wildman–Crippen MR) is 46.8 cm³/mol. The zero-order valence-corrected chi connectivity index (χ0v) is 7.84. The zero-order valence-electron chi connectivity index (χ0n) is 7.02. The third-order valence-electron chi connectivity index (χ3n) is 1.25. The van der Waals surface area contributed by atoms with Gasteiger partial charge >= 0.3 is 0 Å². The van der Waals surface area contributed by atoms with Crippen molar-refractivity contribution in [3.63, 3.8) is 0 Å². The molecule has 1 aromatic heterocycles. The number of nitrogens with two attached hydrogens (primary N) is 2. The first-order valence-electron chi connectivity index (χ1n) is 3.46. The minimum Gasteiger partial charge on any atom is -0.338 e. The van der Waals surface area contributed by atoms with Crippen LogP contribution in [0.5, 0.6) is 0 Å². The van der Waals surface area contributed by atoms with Crippen molar-refractivity contribution in [2.75, 3.05) is 0 Å². The summed E-state index contributed by atoms with van der Waals surface area (Å²) in [5, 5.41) is 3.65. The summed E-state index contributed by atoms with van der Waals surface area (Å²) in [5.74, 6) is 0.926. The van der Waals surface area contributed by atoms with E-state index in [1.165, 1.54) is 0 Å². The molecule has 12 heavy (non-hydrogen) atoms. The Kier molecular flexibility index (Phi) is 4.16. The Morgan fingerprint density at radius 2 is 1.83 bits per heavy atom. The largest absolute Gasteiger partial charge is 0.338 e. The molecule has 2 atom stereocenters. The molecule has 0 spiro atoms. The van der Waals surface area contributed by atoms with Crippen molar-refractivity contribution >= 4 is 12.4 Å². The van der Waals surface area contributed by atoms with Crippen molar-refractivity contribution in [2.45, 2.75) is 25.9 Å². The van der Waals surface area contributed by atoms with Crippen LogP contribution in [0.4, 0.5) is 0 Å². The van der Waals surface area contributed by atoms with Gasteiger partial charge in [0.05, 0.1) is 12.1 Å². The lowest BCUT2D eigenvalue weighted by molar-refractivity contribution is 0.355. The maximum Gasteiger partial charge on any atom is 0.243 e. The average Bonchev–Trinajstić information content (AvgIpc) is 2.33. The molecule has 0 radical (unpaired) electrons. The summed E-state index contributed by atoms with van der Waals surface area (Å²) in [6.45, 7) is 3.56. The third-order valence-corrected chi connectivity index (χ3v) is 1.25. The summed E-state index contributed by atoms with van der Waals surface area (Å²) < 4.78 is 4.82. The second kappa shape index (κ2) is 4.39. The van der Waals surface area contributed by atoms with Gasteiger partial charge in [-0.2, -0.15) is 4.98 Å². The molecule has 6 heteroatoms. The van der Waals surface area contributed by atoms with Crippen LogP contribution in [-0.2, 0) is 0 Å². The van der Waals surface area contributed by atoms with Crippen LogP contribution in [0.15, 0.2) is 4.52 Å². The van der Waals surface area contributed by atoms with Gasteiger partial charge in [-0.25, -0.2) is 0 Å². The number of rotatable bonds is 2. The highest BCUT2D eigenvalue weighted by atomic mass is 35.5. The molecular formula is C6H13ClN4O. The van der Waals surface area contributed by atoms with Gasteiger partial charge in [-0.1, -0.05) is 5.16 Å². The van der Waals surface area contributed by atoms with Gasteiger partial charge in [0, 0.05) is 0 Å². The first kappa shape index (κ1) is 11.4. The van der Waals surface area contributed by atoms with E-state index in [2.05, 4.69) is 10.1 Å². The van der Waals surface area contributed by atoms with Crippen LogP contribution in [-0.4, -0.2) is 10.1 Å². The van der Waals surface area contributed by atoms with E-state index < -0.39 is 0 Å². The van der Waals surface area contributed by atoms with E-state index in [-0.39, 0.29) is 24.5 Å². The standard InChI is InChI=1S/C6H12N4O.ClH/c1-3(7)5-9-6(4(2)8)11-10-5;/h3-4H,7-8H2,1-2H3;1H/t3?,4-;/m1./s1. The van der Waals surface area contributed by atoms with E-state index in [4.69, 9.17) is 16.0 Å². The number of nitrogens with zero attached hydrogens (tertiary/aromatic N) is 2. The van der Waals surface area contributed by atoms with Crippen LogP contribution in [0.1, 0.15) is 37.6 Å². The van der Waals surface area contributed by atoms with Crippen LogP contribution >= 0.6 is 12.4 Å². The van der Waals surface area contributed by atoms with Crippen molar-refractivity contribution in [1.29, 1.82) is 0 Å². The Balaban J connectivity index is 0.00000121. The highest BCUT2D eigenvalue weighted by Crippen LogP contribution is 2.09. The van der Waals surface area contributed by atoms with Gasteiger partial charge in [0.15, 0.2) is 5.82 Å². The topological polar surface area (TPSA) is 91.0 Å². The molecule has 0 amide bonds. The van der Waals surface area contributed by atoms with E-state index in [1.807, 2.05) is 0 Å². The number of aromatic nitrogens is 2. The lowest BCUT2D eigenvalue weighted by atomic mass is 10.3. The third kappa shape index (κ3) is 2.44. The molecule has 0 aliphatic carbocycles. The molecule has 5 nitrogen and oxygen atoms in total. The fraction of sp³-hybridized carbons (Fsp3) is 0.667. The zero-order chi connectivity index (χ0) is 8.43. The summed E-state index contributed by atoms with van der Waals surface area (Å²) in [6.07, 6.45) is 0. The van der Waals surface area contributed by atoms with E-state index >= 15 is 0 Å². The van der Waals surface area contributed by atoms with Crippen molar-refractivity contribution in [3.8, 4) is 0 Å². The van der Waals surface area contributed by atoms with Crippen LogP contribution in [0, 0.1) is 0 Å². The van der Waals surface area contributed by atoms with Crippen LogP contribution in [0.2, 0.25) is 0 Å². The molecule has 0 aliphatic heterocycles. The molecule has 0 saturated carbocycles. The van der Waals surface area contributed by atoms with E-state index in [0.717, 1.165) is 0 Å². The number of halogens is 1. The second-order valence-corrected chi connectivity index (χ2v) is 2.57. The Hall–Kier alpha value is -0.650. The maximum atomic E-state index is 5.50. The first-order chi connectivity index (χ1) is 5.11. The van der Waals surface area contributed by atoms with Gasteiger partial charge in [0.1, 0.15) is 0 Å². The van der Waals surface area contributed by atoms with E-state index in [0.29, 0.717) is 11.7 Å². The monoisotopic (exact) mass is 192 g/mol. The normalized spacial score (nSPS) is 15.0. The molecule has 70 valence electrons. The van der Waals surface area contributed by atoms with Crippen molar-refractivity contribution in [3.05, 3.63) is 11.7 Å². The minimum absolute atomic E-state index is 0. The molecule has 1 unspecified atom stereocenters. The van der Waals surface area contributed by atoms with Crippen LogP contribution in [0.3, 0.4) is 0 Å². The lowest BCUT2D eigenvalue weighted by Crippen LogP contribution is -2.09. The predicted octanol–water partition coefficient (Wildman–Crippen LogP) is 0.531. The minimum atomic E-state index is -0.227. The van der Waals surface area contributed by atoms with Gasteiger partial charge in [-0.05, 0) is 13.8 Å². The van der Waals surface area contributed by atoms with Crippen molar-refractivity contribution in [2.24, 2.45) is 11.5 Å². The summed E-state index contributed by atoms with van der Waals surface area (Å²) in [6, 6.07) is -0.429. The lowest BCUT2D eigenvalue weighted by Gasteiger charge is -1.94. The van der Waals surface area contributed by atoms with Crippen LogP contribution < -0.4 is 11.5 Å². The highest BCUT2D eigenvalue weighted by Gasteiger charge is 2.11. The molecule has 0 aliphatic rings. The maximum absolute atomic E-state index is 5.50. The Morgan fingerprint density at radius 3 is 2.08 bits per heavy atom. The smallest absolute Gasteiger partial charge is 0.243 e. The fourth-order valence-electron chi connectivity index (χ4n) is 0.617. The van der Waals surface area contributed by atoms with E-state index in [9.17, 15) is 0 Å². The van der Waals surface area contributed by atoms with Crippen LogP contribution in [0.25, 0.3) is 0 Å². The van der Waals surface area contributed by atoms with Crippen molar-refractivity contribution < 1.29 is 4.52 Å². The summed E-state index contributed by atoms with van der Waals surface area (Å²) in [5.41, 5.74) is 11.0. The van der Waals surface area contributed by atoms with Gasteiger partial charge in [0.25, 0.3) is 0 Å². The fourth-order valence-corrected chi connectivity index (χ4v) is 0.617. The molecule has 0 saturated heterocycles. The Bertz CT molecular complexity index is 213. The van der Waals surface area contributed by atoms with E-state index in [1.54, 1.807) is 13.8 Å².